The Bertz CT molecular complexity index is 566. The summed E-state index contributed by atoms with van der Waals surface area (Å²) in [6.07, 6.45) is 1.64. The highest BCUT2D eigenvalue weighted by Crippen LogP contribution is 2.24. The predicted molar refractivity (Wildman–Crippen MR) is 61.8 cm³/mol. The maximum Gasteiger partial charge on any atom is 0.240 e. The fourth-order valence-corrected chi connectivity index (χ4v) is 3.34. The molecule has 1 aliphatic rings. The van der Waals surface area contributed by atoms with Crippen molar-refractivity contribution in [1.29, 1.82) is 0 Å². The molecule has 1 aromatic rings. The molecule has 0 unspecified atom stereocenters. The third-order valence-electron chi connectivity index (χ3n) is 2.32. The Labute approximate surface area is 107 Å². The molecule has 2 rings (SSSR count). The Kier molecular flexibility index (Phi) is 3.24. The van der Waals surface area contributed by atoms with Gasteiger partial charge in [0.1, 0.15) is 0 Å². The van der Waals surface area contributed by atoms with Crippen molar-refractivity contribution in [2.45, 2.75) is 23.8 Å². The smallest absolute Gasteiger partial charge is 0.240 e. The van der Waals surface area contributed by atoms with Gasteiger partial charge in [0.05, 0.1) is 10.9 Å². The van der Waals surface area contributed by atoms with Gasteiger partial charge in [0.2, 0.25) is 10.0 Å². The van der Waals surface area contributed by atoms with Crippen molar-refractivity contribution >= 4 is 31.9 Å². The quantitative estimate of drug-likeness (QED) is 0.862. The molecule has 1 N–H and O–H groups in total. The van der Waals surface area contributed by atoms with E-state index in [1.165, 1.54) is 12.1 Å². The molecule has 0 radical (unpaired) electrons. The van der Waals surface area contributed by atoms with Crippen LogP contribution in [0.1, 0.15) is 23.2 Å². The monoisotopic (exact) mass is 318 g/mol. The molecule has 0 aromatic heterocycles. The Morgan fingerprint density at radius 2 is 2.00 bits per heavy atom. The van der Waals surface area contributed by atoms with Crippen molar-refractivity contribution in [2.75, 3.05) is 0 Å². The number of hydrogen-bond donors (Lipinski definition) is 1. The highest BCUT2D eigenvalue weighted by molar-refractivity contribution is 9.10. The summed E-state index contributed by atoms with van der Waals surface area (Å²) in [6, 6.07) is 3.72. The molecule has 0 amide bonds. The highest BCUT2D eigenvalue weighted by Gasteiger charge is 2.28. The largest absolute Gasteiger partial charge is 0.545 e. The second-order valence-electron chi connectivity index (χ2n) is 3.86. The first kappa shape index (κ1) is 12.5. The number of carbonyl (C=O) groups excluding carboxylic acids is 1. The summed E-state index contributed by atoms with van der Waals surface area (Å²) >= 11 is 3.07. The second-order valence-corrected chi connectivity index (χ2v) is 6.49. The highest BCUT2D eigenvalue weighted by atomic mass is 79.9. The van der Waals surface area contributed by atoms with E-state index in [0.717, 1.165) is 18.9 Å². The van der Waals surface area contributed by atoms with Crippen LogP contribution in [-0.2, 0) is 10.0 Å². The molecular weight excluding hydrogens is 310 g/mol. The molecule has 17 heavy (non-hydrogen) atoms. The summed E-state index contributed by atoms with van der Waals surface area (Å²) in [5, 5.41) is 10.7. The Balaban J connectivity index is 2.40. The number of carbonyl (C=O) groups is 1. The number of hydrogen-bond acceptors (Lipinski definition) is 4. The first-order chi connectivity index (χ1) is 7.88. The maximum atomic E-state index is 11.9. The average molecular weight is 319 g/mol. The van der Waals surface area contributed by atoms with Crippen LogP contribution in [0.2, 0.25) is 0 Å². The minimum atomic E-state index is -3.65. The van der Waals surface area contributed by atoms with Crippen molar-refractivity contribution in [2.24, 2.45) is 0 Å². The molecule has 0 heterocycles. The molecule has 0 spiro atoms. The summed E-state index contributed by atoms with van der Waals surface area (Å²) in [4.78, 5) is 10.6. The lowest BCUT2D eigenvalue weighted by Gasteiger charge is -2.09. The van der Waals surface area contributed by atoms with Gasteiger partial charge in [-0.2, -0.15) is 0 Å². The molecule has 0 atom stereocenters. The number of sulfonamides is 1. The number of carboxylic acids is 1. The zero-order valence-electron chi connectivity index (χ0n) is 8.64. The van der Waals surface area contributed by atoms with Crippen LogP contribution in [0.3, 0.4) is 0 Å². The normalized spacial score (nSPS) is 15.8. The third kappa shape index (κ3) is 3.05. The molecule has 1 fully saturated rings. The zero-order valence-corrected chi connectivity index (χ0v) is 11.0. The van der Waals surface area contributed by atoms with Crippen molar-refractivity contribution in [3.63, 3.8) is 0 Å². The lowest BCUT2D eigenvalue weighted by molar-refractivity contribution is -0.255. The Hall–Kier alpha value is -0.920. The van der Waals surface area contributed by atoms with Gasteiger partial charge in [0.25, 0.3) is 0 Å². The molecule has 0 bridgehead atoms. The van der Waals surface area contributed by atoms with Gasteiger partial charge in [-0.25, -0.2) is 13.1 Å². The Morgan fingerprint density at radius 3 is 2.53 bits per heavy atom. The van der Waals surface area contributed by atoms with E-state index in [1.54, 1.807) is 0 Å². The zero-order chi connectivity index (χ0) is 12.6. The lowest BCUT2D eigenvalue weighted by Crippen LogP contribution is -2.27. The topological polar surface area (TPSA) is 86.3 Å². The first-order valence-electron chi connectivity index (χ1n) is 4.93. The van der Waals surface area contributed by atoms with E-state index in [1.807, 2.05) is 0 Å². The van der Waals surface area contributed by atoms with Crippen LogP contribution in [0.15, 0.2) is 27.6 Å². The van der Waals surface area contributed by atoms with Crippen molar-refractivity contribution < 1.29 is 18.3 Å². The second kappa shape index (κ2) is 4.40. The van der Waals surface area contributed by atoms with E-state index >= 15 is 0 Å². The standard InChI is InChI=1S/C10H10BrNO4S/c11-7-3-6(10(13)14)4-9(5-7)17(15,16)12-8-1-2-8/h3-5,8,12H,1-2H2,(H,13,14)/p-1. The van der Waals surface area contributed by atoms with E-state index in [4.69, 9.17) is 0 Å². The summed E-state index contributed by atoms with van der Waals surface area (Å²) in [5.74, 6) is -1.41. The molecular formula is C10H9BrNO4S-. The SMILES string of the molecule is O=C([O-])c1cc(Br)cc(S(=O)(=O)NC2CC2)c1. The molecule has 1 aliphatic carbocycles. The van der Waals surface area contributed by atoms with Crippen LogP contribution in [0.25, 0.3) is 0 Å². The molecule has 0 saturated heterocycles. The number of nitrogens with one attached hydrogen (secondary N) is 1. The van der Waals surface area contributed by atoms with Crippen LogP contribution in [0.4, 0.5) is 0 Å². The number of carboxylic acid groups (broad SMARTS) is 1. The maximum absolute atomic E-state index is 11.9. The average Bonchev–Trinajstić information content (AvgIpc) is 3.00. The summed E-state index contributed by atoms with van der Waals surface area (Å²) in [6.45, 7) is 0. The summed E-state index contributed by atoms with van der Waals surface area (Å²) in [5.41, 5.74) is -0.171. The van der Waals surface area contributed by atoms with Crippen LogP contribution >= 0.6 is 15.9 Å². The van der Waals surface area contributed by atoms with Gasteiger partial charge in [-0.15, -0.1) is 0 Å². The summed E-state index contributed by atoms with van der Waals surface area (Å²) in [7, 11) is -3.65. The van der Waals surface area contributed by atoms with Gasteiger partial charge in [-0.3, -0.25) is 0 Å². The van der Waals surface area contributed by atoms with Gasteiger partial charge in [-0.05, 0) is 36.6 Å². The van der Waals surface area contributed by atoms with Gasteiger partial charge in [-0.1, -0.05) is 15.9 Å². The van der Waals surface area contributed by atoms with Gasteiger partial charge < -0.3 is 9.90 Å². The summed E-state index contributed by atoms with van der Waals surface area (Å²) < 4.78 is 26.6. The van der Waals surface area contributed by atoms with Gasteiger partial charge >= 0.3 is 0 Å². The molecule has 7 heteroatoms. The van der Waals surface area contributed by atoms with Crippen LogP contribution in [0.5, 0.6) is 0 Å². The fourth-order valence-electron chi connectivity index (χ4n) is 1.32. The van der Waals surface area contributed by atoms with E-state index in [0.29, 0.717) is 4.47 Å². The Morgan fingerprint density at radius 1 is 1.35 bits per heavy atom. The molecule has 0 aliphatic heterocycles. The van der Waals surface area contributed by atoms with E-state index in [-0.39, 0.29) is 16.5 Å². The minimum absolute atomic E-state index is 0.0228. The van der Waals surface area contributed by atoms with E-state index in [9.17, 15) is 18.3 Å². The number of benzene rings is 1. The van der Waals surface area contributed by atoms with Gasteiger partial charge in [0, 0.05) is 10.5 Å². The number of halogens is 1. The minimum Gasteiger partial charge on any atom is -0.545 e. The van der Waals surface area contributed by atoms with Crippen molar-refractivity contribution in [3.05, 3.63) is 28.2 Å². The third-order valence-corrected chi connectivity index (χ3v) is 4.27. The molecule has 1 saturated carbocycles. The lowest BCUT2D eigenvalue weighted by atomic mass is 10.2. The predicted octanol–water partition coefficient (Wildman–Crippen LogP) is 0.253. The molecule has 5 nitrogen and oxygen atoms in total. The van der Waals surface area contributed by atoms with Crippen LogP contribution < -0.4 is 9.83 Å². The van der Waals surface area contributed by atoms with Crippen LogP contribution in [0, 0.1) is 0 Å². The van der Waals surface area contributed by atoms with Crippen LogP contribution in [-0.4, -0.2) is 20.4 Å². The molecule has 1 aromatic carbocycles. The first-order valence-corrected chi connectivity index (χ1v) is 7.20. The fraction of sp³-hybridized carbons (Fsp3) is 0.300. The number of rotatable bonds is 4. The van der Waals surface area contributed by atoms with Gasteiger partial charge in [0.15, 0.2) is 0 Å². The molecule has 92 valence electrons. The van der Waals surface area contributed by atoms with Crippen molar-refractivity contribution in [3.8, 4) is 0 Å². The van der Waals surface area contributed by atoms with E-state index in [2.05, 4.69) is 20.7 Å². The van der Waals surface area contributed by atoms with E-state index < -0.39 is 16.0 Å². The number of aromatic carboxylic acids is 1. The van der Waals surface area contributed by atoms with Crippen molar-refractivity contribution in [1.82, 2.24) is 4.72 Å².